The summed E-state index contributed by atoms with van der Waals surface area (Å²) in [4.78, 5) is 4.31. The van der Waals surface area contributed by atoms with Crippen molar-refractivity contribution in [1.29, 1.82) is 5.26 Å². The average Bonchev–Trinajstić information content (AvgIpc) is 2.43. The van der Waals surface area contributed by atoms with E-state index in [1.54, 1.807) is 12.1 Å². The highest BCUT2D eigenvalue weighted by atomic mass is 35.5. The summed E-state index contributed by atoms with van der Waals surface area (Å²) in [5, 5.41) is 9.70. The first kappa shape index (κ1) is 14.3. The highest BCUT2D eigenvalue weighted by molar-refractivity contribution is 6.31. The summed E-state index contributed by atoms with van der Waals surface area (Å²) in [6.45, 7) is 6.45. The van der Waals surface area contributed by atoms with Gasteiger partial charge in [0.05, 0.1) is 6.07 Å². The van der Waals surface area contributed by atoms with Crippen LogP contribution in [0.4, 0.5) is 4.39 Å². The Labute approximate surface area is 118 Å². The zero-order chi connectivity index (χ0) is 13.8. The van der Waals surface area contributed by atoms with Gasteiger partial charge in [-0.05, 0) is 18.7 Å². The molecule has 0 radical (unpaired) electrons. The molecule has 1 fully saturated rings. The van der Waals surface area contributed by atoms with Crippen LogP contribution in [0.3, 0.4) is 0 Å². The van der Waals surface area contributed by atoms with Gasteiger partial charge in [-0.25, -0.2) is 4.39 Å². The van der Waals surface area contributed by atoms with E-state index in [1.807, 2.05) is 4.90 Å². The first-order valence-corrected chi connectivity index (χ1v) is 6.85. The third-order valence-electron chi connectivity index (χ3n) is 3.61. The number of hydrogen-bond acceptors (Lipinski definition) is 3. The van der Waals surface area contributed by atoms with Crippen LogP contribution < -0.4 is 0 Å². The van der Waals surface area contributed by atoms with Crippen LogP contribution in [0.25, 0.3) is 0 Å². The van der Waals surface area contributed by atoms with E-state index in [0.29, 0.717) is 10.6 Å². The maximum absolute atomic E-state index is 13.9. The van der Waals surface area contributed by atoms with Gasteiger partial charge in [-0.3, -0.25) is 4.90 Å². The van der Waals surface area contributed by atoms with E-state index >= 15 is 0 Å². The Bertz CT molecular complexity index is 458. The van der Waals surface area contributed by atoms with Gasteiger partial charge in [0.2, 0.25) is 0 Å². The van der Waals surface area contributed by atoms with Gasteiger partial charge in [0, 0.05) is 36.8 Å². The Hall–Kier alpha value is -1.15. The molecule has 2 rings (SSSR count). The minimum Gasteiger partial charge on any atom is -0.301 e. The van der Waals surface area contributed by atoms with E-state index in [0.717, 1.165) is 32.7 Å². The van der Waals surface area contributed by atoms with E-state index in [1.165, 1.54) is 6.07 Å². The van der Waals surface area contributed by atoms with Gasteiger partial charge < -0.3 is 4.90 Å². The number of nitriles is 1. The monoisotopic (exact) mass is 281 g/mol. The summed E-state index contributed by atoms with van der Waals surface area (Å²) < 4.78 is 13.9. The molecule has 0 N–H and O–H groups in total. The van der Waals surface area contributed by atoms with Gasteiger partial charge in [-0.15, -0.1) is 0 Å². The lowest BCUT2D eigenvalue weighted by Crippen LogP contribution is -2.47. The number of nitrogens with zero attached hydrogens (tertiary/aromatic N) is 3. The number of hydrogen-bond donors (Lipinski definition) is 0. The van der Waals surface area contributed by atoms with Crippen molar-refractivity contribution in [2.24, 2.45) is 0 Å². The quantitative estimate of drug-likeness (QED) is 0.853. The fourth-order valence-electron chi connectivity index (χ4n) is 2.44. The molecule has 0 aromatic heterocycles. The van der Waals surface area contributed by atoms with E-state index in [-0.39, 0.29) is 0 Å². The van der Waals surface area contributed by atoms with Crippen LogP contribution in [0.15, 0.2) is 18.2 Å². The van der Waals surface area contributed by atoms with Crippen LogP contribution in [0.2, 0.25) is 5.02 Å². The number of benzene rings is 1. The topological polar surface area (TPSA) is 30.3 Å². The summed E-state index contributed by atoms with van der Waals surface area (Å²) in [6, 6.07) is 6.13. The maximum Gasteiger partial charge on any atom is 0.130 e. The van der Waals surface area contributed by atoms with E-state index in [2.05, 4.69) is 17.9 Å². The molecule has 5 heteroatoms. The molecule has 1 aliphatic rings. The Morgan fingerprint density at radius 3 is 2.58 bits per heavy atom. The highest BCUT2D eigenvalue weighted by Gasteiger charge is 2.28. The Morgan fingerprint density at radius 1 is 1.37 bits per heavy atom. The van der Waals surface area contributed by atoms with Crippen molar-refractivity contribution in [3.05, 3.63) is 34.6 Å². The van der Waals surface area contributed by atoms with Crippen molar-refractivity contribution in [3.8, 4) is 6.07 Å². The second-order valence-electron chi connectivity index (χ2n) is 4.64. The minimum atomic E-state index is -0.604. The zero-order valence-corrected chi connectivity index (χ0v) is 11.7. The molecule has 1 unspecified atom stereocenters. The normalized spacial score (nSPS) is 19.1. The molecule has 1 aromatic carbocycles. The third kappa shape index (κ3) is 3.06. The maximum atomic E-state index is 13.9. The largest absolute Gasteiger partial charge is 0.301 e. The molecule has 1 aromatic rings. The molecule has 0 bridgehead atoms. The van der Waals surface area contributed by atoms with Crippen LogP contribution in [-0.4, -0.2) is 42.5 Å². The van der Waals surface area contributed by atoms with Crippen LogP contribution in [0, 0.1) is 17.1 Å². The molecule has 0 saturated carbocycles. The van der Waals surface area contributed by atoms with Gasteiger partial charge in [0.15, 0.2) is 0 Å². The molecule has 0 aliphatic carbocycles. The molecule has 1 atom stereocenters. The van der Waals surface area contributed by atoms with Crippen LogP contribution in [-0.2, 0) is 0 Å². The number of halogens is 2. The van der Waals surface area contributed by atoms with E-state index < -0.39 is 11.9 Å². The van der Waals surface area contributed by atoms with Gasteiger partial charge in [0.1, 0.15) is 11.9 Å². The molecule has 19 heavy (non-hydrogen) atoms. The fraction of sp³-hybridized carbons (Fsp3) is 0.500. The Balaban J connectivity index is 2.20. The summed E-state index contributed by atoms with van der Waals surface area (Å²) >= 11 is 6.05. The van der Waals surface area contributed by atoms with Crippen molar-refractivity contribution in [2.75, 3.05) is 32.7 Å². The van der Waals surface area contributed by atoms with Crippen molar-refractivity contribution >= 4 is 11.6 Å². The second kappa shape index (κ2) is 6.33. The number of piperazine rings is 1. The summed E-state index contributed by atoms with van der Waals surface area (Å²) in [7, 11) is 0. The smallest absolute Gasteiger partial charge is 0.130 e. The predicted molar refractivity (Wildman–Crippen MR) is 73.5 cm³/mol. The van der Waals surface area contributed by atoms with Crippen molar-refractivity contribution in [2.45, 2.75) is 13.0 Å². The lowest BCUT2D eigenvalue weighted by molar-refractivity contribution is 0.117. The molecule has 1 aliphatic heterocycles. The molecule has 1 saturated heterocycles. The molecular formula is C14H17ClFN3. The van der Waals surface area contributed by atoms with Crippen LogP contribution in [0.1, 0.15) is 18.5 Å². The Kier molecular flexibility index (Phi) is 4.76. The highest BCUT2D eigenvalue weighted by Crippen LogP contribution is 2.30. The molecule has 3 nitrogen and oxygen atoms in total. The first-order chi connectivity index (χ1) is 9.17. The third-order valence-corrected chi connectivity index (χ3v) is 3.94. The van der Waals surface area contributed by atoms with E-state index in [9.17, 15) is 9.65 Å². The van der Waals surface area contributed by atoms with Gasteiger partial charge in [-0.2, -0.15) is 5.26 Å². The molecule has 0 spiro atoms. The van der Waals surface area contributed by atoms with Crippen LogP contribution >= 0.6 is 11.6 Å². The summed E-state index contributed by atoms with van der Waals surface area (Å²) in [5.41, 5.74) is 0.302. The minimum absolute atomic E-state index is 0.302. The average molecular weight is 282 g/mol. The fourth-order valence-corrected chi connectivity index (χ4v) is 2.70. The van der Waals surface area contributed by atoms with Gasteiger partial charge >= 0.3 is 0 Å². The second-order valence-corrected chi connectivity index (χ2v) is 5.04. The number of rotatable bonds is 3. The lowest BCUT2D eigenvalue weighted by Gasteiger charge is -2.36. The predicted octanol–water partition coefficient (Wildman–Crippen LogP) is 2.68. The van der Waals surface area contributed by atoms with Gasteiger partial charge in [0.25, 0.3) is 0 Å². The van der Waals surface area contributed by atoms with Gasteiger partial charge in [-0.1, -0.05) is 24.6 Å². The zero-order valence-electron chi connectivity index (χ0n) is 10.9. The molecule has 102 valence electrons. The molecule has 1 heterocycles. The van der Waals surface area contributed by atoms with Crippen LogP contribution in [0.5, 0.6) is 0 Å². The molecular weight excluding hydrogens is 265 g/mol. The first-order valence-electron chi connectivity index (χ1n) is 6.47. The SMILES string of the molecule is CCN1CCN(C(C#N)c2c(F)cccc2Cl)CC1. The van der Waals surface area contributed by atoms with E-state index in [4.69, 9.17) is 11.6 Å². The number of likely N-dealkylation sites (N-methyl/N-ethyl adjacent to an activating group) is 1. The summed E-state index contributed by atoms with van der Waals surface area (Å²) in [5.74, 6) is -0.406. The summed E-state index contributed by atoms with van der Waals surface area (Å²) in [6.07, 6.45) is 0. The standard InChI is InChI=1S/C14H17ClFN3/c1-2-18-6-8-19(9-7-18)13(10-17)14-11(15)4-3-5-12(14)16/h3-5,13H,2,6-9H2,1H3. The van der Waals surface area contributed by atoms with Crippen molar-refractivity contribution in [1.82, 2.24) is 9.80 Å². The van der Waals surface area contributed by atoms with Crippen molar-refractivity contribution in [3.63, 3.8) is 0 Å². The lowest BCUT2D eigenvalue weighted by atomic mass is 10.0. The van der Waals surface area contributed by atoms with Crippen molar-refractivity contribution < 1.29 is 4.39 Å². The Morgan fingerprint density at radius 2 is 2.05 bits per heavy atom. The molecule has 0 amide bonds.